The van der Waals surface area contributed by atoms with E-state index in [-0.39, 0.29) is 5.91 Å². The maximum absolute atomic E-state index is 12.4. The molecule has 0 saturated carbocycles. The monoisotopic (exact) mass is 275 g/mol. The minimum Gasteiger partial charge on any atom is -0.496 e. The van der Waals surface area contributed by atoms with Crippen molar-refractivity contribution in [2.24, 2.45) is 0 Å². The number of amides is 1. The molecule has 2 aromatic rings. The van der Waals surface area contributed by atoms with Gasteiger partial charge < -0.3 is 19.9 Å². The number of rotatable bonds is 4. The van der Waals surface area contributed by atoms with Crippen LogP contribution in [0.1, 0.15) is 21.8 Å². The lowest BCUT2D eigenvalue weighted by atomic mass is 10.1. The van der Waals surface area contributed by atoms with E-state index < -0.39 is 0 Å². The fourth-order valence-corrected chi connectivity index (χ4v) is 1.91. The number of ether oxygens (including phenoxy) is 1. The van der Waals surface area contributed by atoms with Crippen molar-refractivity contribution < 1.29 is 14.1 Å². The SMILES string of the molecule is COc1ccc(N)cc1C(=O)N(C)Cc1cc(C)on1. The Balaban J connectivity index is 2.20. The van der Waals surface area contributed by atoms with E-state index >= 15 is 0 Å². The highest BCUT2D eigenvalue weighted by molar-refractivity contribution is 5.97. The summed E-state index contributed by atoms with van der Waals surface area (Å²) >= 11 is 0. The van der Waals surface area contributed by atoms with Gasteiger partial charge in [-0.1, -0.05) is 5.16 Å². The Kier molecular flexibility index (Phi) is 3.93. The Morgan fingerprint density at radius 3 is 2.80 bits per heavy atom. The molecule has 6 heteroatoms. The molecule has 0 aliphatic heterocycles. The Hall–Kier alpha value is -2.50. The van der Waals surface area contributed by atoms with Crippen LogP contribution in [0.15, 0.2) is 28.8 Å². The molecule has 1 aromatic carbocycles. The van der Waals surface area contributed by atoms with Gasteiger partial charge >= 0.3 is 0 Å². The third kappa shape index (κ3) is 2.90. The summed E-state index contributed by atoms with van der Waals surface area (Å²) in [7, 11) is 3.21. The molecular formula is C14H17N3O3. The second kappa shape index (κ2) is 5.64. The quantitative estimate of drug-likeness (QED) is 0.861. The van der Waals surface area contributed by atoms with Gasteiger partial charge in [-0.05, 0) is 25.1 Å². The molecule has 0 aliphatic carbocycles. The molecule has 0 bridgehead atoms. The molecule has 0 fully saturated rings. The lowest BCUT2D eigenvalue weighted by Crippen LogP contribution is -2.26. The molecule has 1 aromatic heterocycles. The molecule has 106 valence electrons. The van der Waals surface area contributed by atoms with Crippen LogP contribution >= 0.6 is 0 Å². The second-order valence-electron chi connectivity index (χ2n) is 4.55. The molecule has 0 saturated heterocycles. The Labute approximate surface area is 117 Å². The third-order valence-electron chi connectivity index (χ3n) is 2.88. The number of nitrogen functional groups attached to an aromatic ring is 1. The largest absolute Gasteiger partial charge is 0.496 e. The van der Waals surface area contributed by atoms with E-state index in [4.69, 9.17) is 15.0 Å². The van der Waals surface area contributed by atoms with Gasteiger partial charge in [0.2, 0.25) is 0 Å². The van der Waals surface area contributed by atoms with Crippen LogP contribution in [0.3, 0.4) is 0 Å². The summed E-state index contributed by atoms with van der Waals surface area (Å²) in [5.74, 6) is 1.02. The van der Waals surface area contributed by atoms with E-state index in [0.717, 1.165) is 0 Å². The van der Waals surface area contributed by atoms with Crippen LogP contribution in [-0.2, 0) is 6.54 Å². The van der Waals surface area contributed by atoms with Crippen molar-refractivity contribution in [2.75, 3.05) is 19.9 Å². The molecule has 0 unspecified atom stereocenters. The summed E-state index contributed by atoms with van der Waals surface area (Å²) in [6, 6.07) is 6.76. The average molecular weight is 275 g/mol. The number of methoxy groups -OCH3 is 1. The zero-order valence-corrected chi connectivity index (χ0v) is 11.7. The number of hydrogen-bond donors (Lipinski definition) is 1. The van der Waals surface area contributed by atoms with Crippen LogP contribution in [0.25, 0.3) is 0 Å². The van der Waals surface area contributed by atoms with Crippen molar-refractivity contribution in [2.45, 2.75) is 13.5 Å². The van der Waals surface area contributed by atoms with E-state index in [1.54, 1.807) is 38.2 Å². The van der Waals surface area contributed by atoms with E-state index in [0.29, 0.717) is 35.0 Å². The molecule has 6 nitrogen and oxygen atoms in total. The third-order valence-corrected chi connectivity index (χ3v) is 2.88. The molecule has 1 heterocycles. The number of carbonyl (C=O) groups excluding carboxylic acids is 1. The van der Waals surface area contributed by atoms with E-state index in [1.807, 2.05) is 0 Å². The van der Waals surface area contributed by atoms with Crippen LogP contribution < -0.4 is 10.5 Å². The molecule has 0 spiro atoms. The van der Waals surface area contributed by atoms with Gasteiger partial charge in [0.15, 0.2) is 0 Å². The van der Waals surface area contributed by atoms with E-state index in [2.05, 4.69) is 5.16 Å². The molecule has 0 radical (unpaired) electrons. The molecule has 0 atom stereocenters. The fourth-order valence-electron chi connectivity index (χ4n) is 1.91. The average Bonchev–Trinajstić information content (AvgIpc) is 2.83. The first-order valence-corrected chi connectivity index (χ1v) is 6.12. The zero-order chi connectivity index (χ0) is 14.7. The number of aryl methyl sites for hydroxylation is 1. The van der Waals surface area contributed by atoms with E-state index in [1.165, 1.54) is 12.0 Å². The fraction of sp³-hybridized carbons (Fsp3) is 0.286. The smallest absolute Gasteiger partial charge is 0.257 e. The molecular weight excluding hydrogens is 258 g/mol. The van der Waals surface area contributed by atoms with Crippen LogP contribution in [0.5, 0.6) is 5.75 Å². The Morgan fingerprint density at radius 1 is 1.45 bits per heavy atom. The van der Waals surface area contributed by atoms with E-state index in [9.17, 15) is 4.79 Å². The topological polar surface area (TPSA) is 81.6 Å². The van der Waals surface area contributed by atoms with Crippen LogP contribution in [-0.4, -0.2) is 30.1 Å². The summed E-state index contributed by atoms with van der Waals surface area (Å²) < 4.78 is 10.2. The van der Waals surface area contributed by atoms with Gasteiger partial charge in [-0.25, -0.2) is 0 Å². The first-order valence-electron chi connectivity index (χ1n) is 6.12. The van der Waals surface area contributed by atoms with Gasteiger partial charge in [-0.2, -0.15) is 0 Å². The van der Waals surface area contributed by atoms with Crippen LogP contribution in [0.4, 0.5) is 5.69 Å². The van der Waals surface area contributed by atoms with Crippen molar-refractivity contribution in [3.05, 3.63) is 41.3 Å². The molecule has 1 amide bonds. The number of anilines is 1. The van der Waals surface area contributed by atoms with Gasteiger partial charge in [0.25, 0.3) is 5.91 Å². The minimum absolute atomic E-state index is 0.185. The number of hydrogen-bond acceptors (Lipinski definition) is 5. The van der Waals surface area contributed by atoms with Gasteiger partial charge in [-0.3, -0.25) is 4.79 Å². The van der Waals surface area contributed by atoms with Gasteiger partial charge in [0, 0.05) is 18.8 Å². The number of nitrogens with zero attached hydrogens (tertiary/aromatic N) is 2. The second-order valence-corrected chi connectivity index (χ2v) is 4.55. The Bertz CT molecular complexity index is 622. The standard InChI is InChI=1S/C14H17N3O3/c1-9-6-11(16-20-9)8-17(2)14(18)12-7-10(15)4-5-13(12)19-3/h4-7H,8,15H2,1-3H3. The number of nitrogens with two attached hydrogens (primary N) is 1. The van der Waals surface area contributed by atoms with Crippen molar-refractivity contribution in [3.8, 4) is 5.75 Å². The summed E-state index contributed by atoms with van der Waals surface area (Å²) in [6.07, 6.45) is 0. The van der Waals surface area contributed by atoms with Crippen LogP contribution in [0.2, 0.25) is 0 Å². The lowest BCUT2D eigenvalue weighted by Gasteiger charge is -2.17. The number of carbonyl (C=O) groups is 1. The van der Waals surface area contributed by atoms with Gasteiger partial charge in [0.05, 0.1) is 19.2 Å². The molecule has 2 rings (SSSR count). The highest BCUT2D eigenvalue weighted by Gasteiger charge is 2.18. The summed E-state index contributed by atoms with van der Waals surface area (Å²) in [5, 5.41) is 3.87. The first kappa shape index (κ1) is 13.9. The summed E-state index contributed by atoms with van der Waals surface area (Å²) in [5.41, 5.74) is 7.36. The molecule has 2 N–H and O–H groups in total. The predicted octanol–water partition coefficient (Wildman–Crippen LogP) is 1.85. The maximum Gasteiger partial charge on any atom is 0.257 e. The molecule has 0 aliphatic rings. The van der Waals surface area contributed by atoms with Crippen molar-refractivity contribution in [3.63, 3.8) is 0 Å². The lowest BCUT2D eigenvalue weighted by molar-refractivity contribution is 0.0779. The minimum atomic E-state index is -0.185. The van der Waals surface area contributed by atoms with Crippen molar-refractivity contribution in [1.82, 2.24) is 10.1 Å². The normalized spacial score (nSPS) is 10.3. The van der Waals surface area contributed by atoms with Crippen molar-refractivity contribution >= 4 is 11.6 Å². The van der Waals surface area contributed by atoms with Gasteiger partial charge in [-0.15, -0.1) is 0 Å². The molecule has 20 heavy (non-hydrogen) atoms. The highest BCUT2D eigenvalue weighted by atomic mass is 16.5. The maximum atomic E-state index is 12.4. The predicted molar refractivity (Wildman–Crippen MR) is 74.4 cm³/mol. The summed E-state index contributed by atoms with van der Waals surface area (Å²) in [4.78, 5) is 14.0. The van der Waals surface area contributed by atoms with Gasteiger partial charge in [0.1, 0.15) is 17.2 Å². The van der Waals surface area contributed by atoms with Crippen LogP contribution in [0, 0.1) is 6.92 Å². The highest BCUT2D eigenvalue weighted by Crippen LogP contribution is 2.22. The number of aromatic nitrogens is 1. The zero-order valence-electron chi connectivity index (χ0n) is 11.7. The summed E-state index contributed by atoms with van der Waals surface area (Å²) in [6.45, 7) is 2.16. The number of benzene rings is 1. The first-order chi connectivity index (χ1) is 9.51. The van der Waals surface area contributed by atoms with Crippen molar-refractivity contribution in [1.29, 1.82) is 0 Å². The Morgan fingerprint density at radius 2 is 2.20 bits per heavy atom.